The van der Waals surface area contributed by atoms with Gasteiger partial charge >= 0.3 is 0 Å². The molecule has 12 heavy (non-hydrogen) atoms. The second-order valence-corrected chi connectivity index (χ2v) is 4.88. The van der Waals surface area contributed by atoms with Gasteiger partial charge in [-0.2, -0.15) is 0 Å². The molecular weight excluding hydrogens is 150 g/mol. The molecule has 72 valence electrons. The zero-order valence-electron chi connectivity index (χ0n) is 8.67. The van der Waals surface area contributed by atoms with E-state index >= 15 is 0 Å². The monoisotopic (exact) mass is 171 g/mol. The summed E-state index contributed by atoms with van der Waals surface area (Å²) in [6.45, 7) is 10.6. The third-order valence-electron chi connectivity index (χ3n) is 2.72. The molecule has 0 radical (unpaired) electrons. The molecule has 0 aromatic heterocycles. The fraction of sp³-hybridized carbons (Fsp3) is 1.00. The smallest absolute Gasteiger partial charge is 0.0639 e. The van der Waals surface area contributed by atoms with Crippen molar-refractivity contribution in [3.05, 3.63) is 0 Å². The van der Waals surface area contributed by atoms with Crippen LogP contribution in [0.3, 0.4) is 0 Å². The average molecular weight is 171 g/mol. The molecule has 1 heterocycles. The third kappa shape index (κ3) is 2.20. The van der Waals surface area contributed by atoms with Crippen molar-refractivity contribution in [2.45, 2.75) is 45.8 Å². The largest absolute Gasteiger partial charge is 0.392 e. The first kappa shape index (κ1) is 10.0. The highest BCUT2D eigenvalue weighted by atomic mass is 16.3. The van der Waals surface area contributed by atoms with Gasteiger partial charge in [0.05, 0.1) is 6.10 Å². The van der Waals surface area contributed by atoms with Gasteiger partial charge in [-0.25, -0.2) is 0 Å². The van der Waals surface area contributed by atoms with Crippen molar-refractivity contribution in [3.63, 3.8) is 0 Å². The van der Waals surface area contributed by atoms with Crippen LogP contribution in [-0.4, -0.2) is 34.7 Å². The van der Waals surface area contributed by atoms with E-state index in [4.69, 9.17) is 0 Å². The van der Waals surface area contributed by atoms with Crippen molar-refractivity contribution >= 4 is 0 Å². The van der Waals surface area contributed by atoms with Gasteiger partial charge in [-0.15, -0.1) is 0 Å². The molecule has 0 saturated carbocycles. The maximum Gasteiger partial charge on any atom is 0.0639 e. The van der Waals surface area contributed by atoms with Crippen LogP contribution in [0.25, 0.3) is 0 Å². The Labute approximate surface area is 75.6 Å². The number of nitrogens with zero attached hydrogens (tertiary/aromatic N) is 1. The number of aliphatic hydroxyl groups excluding tert-OH is 1. The first-order valence-corrected chi connectivity index (χ1v) is 4.85. The molecular formula is C10H21NO. The van der Waals surface area contributed by atoms with E-state index in [1.54, 1.807) is 0 Å². The van der Waals surface area contributed by atoms with Crippen LogP contribution in [0.15, 0.2) is 0 Å². The van der Waals surface area contributed by atoms with Gasteiger partial charge in [0, 0.05) is 18.6 Å². The number of aliphatic hydroxyl groups is 1. The molecule has 0 aromatic carbocycles. The van der Waals surface area contributed by atoms with Gasteiger partial charge in [0.1, 0.15) is 0 Å². The van der Waals surface area contributed by atoms with E-state index in [9.17, 15) is 5.11 Å². The fourth-order valence-corrected chi connectivity index (χ4v) is 2.31. The molecule has 0 aromatic rings. The molecule has 2 nitrogen and oxygen atoms in total. The molecule has 1 N–H and O–H groups in total. The quantitative estimate of drug-likeness (QED) is 0.680. The van der Waals surface area contributed by atoms with E-state index in [1.807, 2.05) is 6.92 Å². The summed E-state index contributed by atoms with van der Waals surface area (Å²) in [5, 5.41) is 9.29. The minimum absolute atomic E-state index is 0.199. The lowest BCUT2D eigenvalue weighted by Crippen LogP contribution is -2.42. The Morgan fingerprint density at radius 1 is 1.58 bits per heavy atom. The molecule has 2 unspecified atom stereocenters. The summed E-state index contributed by atoms with van der Waals surface area (Å²) in [5.41, 5.74) is 0.288. The van der Waals surface area contributed by atoms with Crippen LogP contribution >= 0.6 is 0 Å². The maximum absolute atomic E-state index is 9.29. The molecule has 0 amide bonds. The number of likely N-dealkylation sites (tertiary alicyclic amines) is 1. The minimum Gasteiger partial charge on any atom is -0.392 e. The highest BCUT2D eigenvalue weighted by molar-refractivity contribution is 4.91. The van der Waals surface area contributed by atoms with E-state index in [2.05, 4.69) is 25.7 Å². The van der Waals surface area contributed by atoms with Crippen LogP contribution in [-0.2, 0) is 0 Å². The van der Waals surface area contributed by atoms with Gasteiger partial charge in [-0.1, -0.05) is 6.92 Å². The van der Waals surface area contributed by atoms with Gasteiger partial charge in [0.25, 0.3) is 0 Å². The maximum atomic E-state index is 9.29. The summed E-state index contributed by atoms with van der Waals surface area (Å²) in [6.07, 6.45) is 1.05. The SMILES string of the molecule is CC(O)CN1CC(C)CC1(C)C. The van der Waals surface area contributed by atoms with Crippen LogP contribution < -0.4 is 0 Å². The van der Waals surface area contributed by atoms with Gasteiger partial charge < -0.3 is 5.11 Å². The van der Waals surface area contributed by atoms with Crippen molar-refractivity contribution in [3.8, 4) is 0 Å². The van der Waals surface area contributed by atoms with Crippen molar-refractivity contribution in [2.75, 3.05) is 13.1 Å². The van der Waals surface area contributed by atoms with Crippen LogP contribution in [0, 0.1) is 5.92 Å². The number of hydrogen-bond acceptors (Lipinski definition) is 2. The van der Waals surface area contributed by atoms with E-state index < -0.39 is 0 Å². The molecule has 2 heteroatoms. The molecule has 0 spiro atoms. The van der Waals surface area contributed by atoms with Crippen LogP contribution in [0.4, 0.5) is 0 Å². The first-order valence-electron chi connectivity index (χ1n) is 4.85. The summed E-state index contributed by atoms with van der Waals surface area (Å²) >= 11 is 0. The summed E-state index contributed by atoms with van der Waals surface area (Å²) < 4.78 is 0. The predicted molar refractivity (Wildman–Crippen MR) is 51.1 cm³/mol. The third-order valence-corrected chi connectivity index (χ3v) is 2.72. The van der Waals surface area contributed by atoms with Crippen LogP contribution in [0.1, 0.15) is 34.1 Å². The van der Waals surface area contributed by atoms with Crippen molar-refractivity contribution in [1.82, 2.24) is 4.90 Å². The second kappa shape index (κ2) is 3.35. The second-order valence-electron chi connectivity index (χ2n) is 4.88. The molecule has 1 rings (SSSR count). The highest BCUT2D eigenvalue weighted by Crippen LogP contribution is 2.31. The van der Waals surface area contributed by atoms with Crippen molar-refractivity contribution in [1.29, 1.82) is 0 Å². The molecule has 1 fully saturated rings. The number of hydrogen-bond donors (Lipinski definition) is 1. The number of rotatable bonds is 2. The van der Waals surface area contributed by atoms with Gasteiger partial charge in [-0.3, -0.25) is 4.90 Å². The van der Waals surface area contributed by atoms with E-state index in [-0.39, 0.29) is 11.6 Å². The lowest BCUT2D eigenvalue weighted by Gasteiger charge is -2.32. The Kier molecular flexibility index (Phi) is 2.79. The summed E-state index contributed by atoms with van der Waals surface area (Å²) in [6, 6.07) is 0. The number of β-amino-alcohol motifs (C(OH)–C–C–N with tert-alkyl or cyclic N) is 1. The van der Waals surface area contributed by atoms with Crippen molar-refractivity contribution < 1.29 is 5.11 Å². The molecule has 1 saturated heterocycles. The highest BCUT2D eigenvalue weighted by Gasteiger charge is 2.36. The molecule has 0 bridgehead atoms. The van der Waals surface area contributed by atoms with Crippen molar-refractivity contribution in [2.24, 2.45) is 5.92 Å². The Morgan fingerprint density at radius 3 is 2.50 bits per heavy atom. The van der Waals surface area contributed by atoms with E-state index in [0.29, 0.717) is 0 Å². The Morgan fingerprint density at radius 2 is 2.17 bits per heavy atom. The molecule has 1 aliphatic rings. The Hall–Kier alpha value is -0.0800. The van der Waals surface area contributed by atoms with E-state index in [1.165, 1.54) is 6.42 Å². The lowest BCUT2D eigenvalue weighted by molar-refractivity contribution is 0.0879. The van der Waals surface area contributed by atoms with Gasteiger partial charge in [0.2, 0.25) is 0 Å². The normalized spacial score (nSPS) is 32.2. The molecule has 1 aliphatic heterocycles. The average Bonchev–Trinajstić information content (AvgIpc) is 2.04. The molecule has 0 aliphatic carbocycles. The Bertz CT molecular complexity index is 154. The fourth-order valence-electron chi connectivity index (χ4n) is 2.31. The predicted octanol–water partition coefficient (Wildman–Crippen LogP) is 1.49. The minimum atomic E-state index is -0.199. The lowest BCUT2D eigenvalue weighted by atomic mass is 9.97. The van der Waals surface area contributed by atoms with Gasteiger partial charge in [-0.05, 0) is 33.1 Å². The standard InChI is InChI=1S/C10H21NO/c1-8-5-10(3,4)11(6-8)7-9(2)12/h8-9,12H,5-7H2,1-4H3. The van der Waals surface area contributed by atoms with Crippen LogP contribution in [0.5, 0.6) is 0 Å². The zero-order chi connectivity index (χ0) is 9.35. The summed E-state index contributed by atoms with van der Waals surface area (Å²) in [5.74, 6) is 0.777. The van der Waals surface area contributed by atoms with Gasteiger partial charge in [0.15, 0.2) is 0 Å². The topological polar surface area (TPSA) is 23.5 Å². The van der Waals surface area contributed by atoms with Crippen LogP contribution in [0.2, 0.25) is 0 Å². The molecule has 2 atom stereocenters. The summed E-state index contributed by atoms with van der Waals surface area (Å²) in [4.78, 5) is 2.39. The Balaban J connectivity index is 2.53. The first-order chi connectivity index (χ1) is 5.42. The summed E-state index contributed by atoms with van der Waals surface area (Å²) in [7, 11) is 0. The van der Waals surface area contributed by atoms with E-state index in [0.717, 1.165) is 19.0 Å². The zero-order valence-corrected chi connectivity index (χ0v) is 8.67.